The van der Waals surface area contributed by atoms with Gasteiger partial charge in [-0.3, -0.25) is 4.79 Å². The first kappa shape index (κ1) is 16.7. The van der Waals surface area contributed by atoms with Crippen molar-refractivity contribution in [2.24, 2.45) is 0 Å². The van der Waals surface area contributed by atoms with Crippen LogP contribution in [0.4, 0.5) is 5.69 Å². The van der Waals surface area contributed by atoms with E-state index in [0.717, 1.165) is 29.7 Å². The molecule has 0 saturated carbocycles. The van der Waals surface area contributed by atoms with E-state index in [-0.39, 0.29) is 5.91 Å². The molecule has 2 heterocycles. The number of hydrogen-bond donors (Lipinski definition) is 1. The molecule has 0 radical (unpaired) electrons. The number of carbonyl (C=O) groups is 1. The van der Waals surface area contributed by atoms with Crippen LogP contribution in [0.3, 0.4) is 0 Å². The van der Waals surface area contributed by atoms with E-state index in [1.165, 1.54) is 24.7 Å². The number of nitrogens with zero attached hydrogens (tertiary/aromatic N) is 3. The fraction of sp³-hybridized carbons (Fsp3) is 0.286. The van der Waals surface area contributed by atoms with Crippen molar-refractivity contribution < 1.29 is 4.79 Å². The minimum Gasteiger partial charge on any atom is -0.321 e. The average Bonchev–Trinajstić information content (AvgIpc) is 2.69. The van der Waals surface area contributed by atoms with Crippen LogP contribution in [0.1, 0.15) is 34.7 Å². The molecule has 26 heavy (non-hydrogen) atoms. The van der Waals surface area contributed by atoms with Crippen molar-refractivity contribution in [1.29, 1.82) is 0 Å². The van der Waals surface area contributed by atoms with Crippen molar-refractivity contribution in [2.45, 2.75) is 18.8 Å². The first-order valence-corrected chi connectivity index (χ1v) is 8.99. The van der Waals surface area contributed by atoms with Crippen molar-refractivity contribution in [2.75, 3.05) is 25.5 Å². The molecule has 1 aliphatic heterocycles. The molecule has 1 amide bonds. The van der Waals surface area contributed by atoms with Crippen LogP contribution in [-0.2, 0) is 0 Å². The first-order valence-electron chi connectivity index (χ1n) is 8.99. The van der Waals surface area contributed by atoms with Gasteiger partial charge in [-0.15, -0.1) is 0 Å². The molecular formula is C21H22N4O. The van der Waals surface area contributed by atoms with E-state index < -0.39 is 0 Å². The maximum absolute atomic E-state index is 12.6. The highest BCUT2D eigenvalue weighted by atomic mass is 16.1. The zero-order chi connectivity index (χ0) is 17.9. The second kappa shape index (κ2) is 7.22. The highest BCUT2D eigenvalue weighted by molar-refractivity contribution is 6.08. The van der Waals surface area contributed by atoms with Gasteiger partial charge in [0.1, 0.15) is 6.33 Å². The highest BCUT2D eigenvalue weighted by Gasteiger charge is 2.18. The summed E-state index contributed by atoms with van der Waals surface area (Å²) in [6, 6.07) is 13.7. The van der Waals surface area contributed by atoms with Crippen molar-refractivity contribution in [1.82, 2.24) is 14.9 Å². The fourth-order valence-electron chi connectivity index (χ4n) is 3.56. The predicted octanol–water partition coefficient (Wildman–Crippen LogP) is 3.69. The molecule has 1 fully saturated rings. The summed E-state index contributed by atoms with van der Waals surface area (Å²) in [6.45, 7) is 2.27. The number of amides is 1. The van der Waals surface area contributed by atoms with Crippen molar-refractivity contribution in [3.63, 3.8) is 0 Å². The van der Waals surface area contributed by atoms with Gasteiger partial charge >= 0.3 is 0 Å². The van der Waals surface area contributed by atoms with Crippen LogP contribution in [0.25, 0.3) is 10.9 Å². The van der Waals surface area contributed by atoms with Gasteiger partial charge in [0.05, 0.1) is 11.2 Å². The molecule has 3 aromatic rings. The minimum absolute atomic E-state index is 0.115. The van der Waals surface area contributed by atoms with E-state index in [9.17, 15) is 4.79 Å². The molecule has 132 valence electrons. The molecule has 1 saturated heterocycles. The van der Waals surface area contributed by atoms with Crippen LogP contribution in [0.15, 0.2) is 55.0 Å². The van der Waals surface area contributed by atoms with E-state index in [4.69, 9.17) is 0 Å². The zero-order valence-corrected chi connectivity index (χ0v) is 14.9. The Bertz CT molecular complexity index is 909. The Labute approximate surface area is 153 Å². The van der Waals surface area contributed by atoms with Gasteiger partial charge in [-0.05, 0) is 68.7 Å². The van der Waals surface area contributed by atoms with Crippen LogP contribution in [0.2, 0.25) is 0 Å². The molecule has 4 rings (SSSR count). The standard InChI is InChI=1S/C21H22N4O/c1-25-11-9-16(10-12-25)15-5-7-17(8-6-15)21(26)24-20-4-2-3-19-18(20)13-22-14-23-19/h2-8,13-14,16H,9-12H2,1H3,(H,24,26). The maximum Gasteiger partial charge on any atom is 0.255 e. The van der Waals surface area contributed by atoms with E-state index >= 15 is 0 Å². The summed E-state index contributed by atoms with van der Waals surface area (Å²) in [5.41, 5.74) is 3.53. The van der Waals surface area contributed by atoms with Gasteiger partial charge in [0, 0.05) is 17.1 Å². The fourth-order valence-corrected chi connectivity index (χ4v) is 3.56. The van der Waals surface area contributed by atoms with Crippen LogP contribution in [0.5, 0.6) is 0 Å². The summed E-state index contributed by atoms with van der Waals surface area (Å²) < 4.78 is 0. The van der Waals surface area contributed by atoms with Crippen LogP contribution in [-0.4, -0.2) is 40.9 Å². The monoisotopic (exact) mass is 346 g/mol. The molecule has 1 N–H and O–H groups in total. The molecule has 5 heteroatoms. The number of hydrogen-bond acceptors (Lipinski definition) is 4. The summed E-state index contributed by atoms with van der Waals surface area (Å²) in [4.78, 5) is 23.3. The highest BCUT2D eigenvalue weighted by Crippen LogP contribution is 2.28. The maximum atomic E-state index is 12.6. The SMILES string of the molecule is CN1CCC(c2ccc(C(=O)Nc3cccc4ncncc34)cc2)CC1. The van der Waals surface area contributed by atoms with E-state index in [1.54, 1.807) is 6.20 Å². The van der Waals surface area contributed by atoms with Crippen LogP contribution < -0.4 is 5.32 Å². The third kappa shape index (κ3) is 3.44. The Morgan fingerprint density at radius 2 is 1.88 bits per heavy atom. The van der Waals surface area contributed by atoms with Gasteiger partial charge in [0.2, 0.25) is 0 Å². The molecule has 0 bridgehead atoms. The van der Waals surface area contributed by atoms with Gasteiger partial charge in [-0.2, -0.15) is 0 Å². The number of nitrogens with one attached hydrogen (secondary N) is 1. The lowest BCUT2D eigenvalue weighted by Gasteiger charge is -2.29. The molecule has 0 spiro atoms. The average molecular weight is 346 g/mol. The Balaban J connectivity index is 1.50. The number of piperidine rings is 1. The third-order valence-electron chi connectivity index (χ3n) is 5.16. The van der Waals surface area contributed by atoms with E-state index in [0.29, 0.717) is 11.5 Å². The van der Waals surface area contributed by atoms with Crippen molar-refractivity contribution in [3.8, 4) is 0 Å². The lowest BCUT2D eigenvalue weighted by atomic mass is 9.89. The van der Waals surface area contributed by atoms with E-state index in [1.807, 2.05) is 30.3 Å². The van der Waals surface area contributed by atoms with Crippen molar-refractivity contribution >= 4 is 22.5 Å². The number of likely N-dealkylation sites (tertiary alicyclic amines) is 1. The molecule has 1 aliphatic rings. The number of anilines is 1. The topological polar surface area (TPSA) is 58.1 Å². The van der Waals surface area contributed by atoms with Crippen molar-refractivity contribution in [3.05, 3.63) is 66.1 Å². The smallest absolute Gasteiger partial charge is 0.255 e. The van der Waals surface area contributed by atoms with E-state index in [2.05, 4.69) is 39.4 Å². The number of aromatic nitrogens is 2. The minimum atomic E-state index is -0.115. The van der Waals surface area contributed by atoms with Gasteiger partial charge in [-0.1, -0.05) is 18.2 Å². The lowest BCUT2D eigenvalue weighted by molar-refractivity contribution is 0.102. The molecule has 5 nitrogen and oxygen atoms in total. The Kier molecular flexibility index (Phi) is 4.63. The Morgan fingerprint density at radius 1 is 1.12 bits per heavy atom. The molecular weight excluding hydrogens is 324 g/mol. The number of rotatable bonds is 3. The van der Waals surface area contributed by atoms with Gasteiger partial charge < -0.3 is 10.2 Å². The van der Waals surface area contributed by atoms with Crippen LogP contribution in [0, 0.1) is 0 Å². The molecule has 2 aromatic carbocycles. The lowest BCUT2D eigenvalue weighted by Crippen LogP contribution is -2.29. The predicted molar refractivity (Wildman–Crippen MR) is 103 cm³/mol. The number of carbonyl (C=O) groups excluding carboxylic acids is 1. The second-order valence-corrected chi connectivity index (χ2v) is 6.91. The number of benzene rings is 2. The molecule has 1 aromatic heterocycles. The molecule has 0 aliphatic carbocycles. The zero-order valence-electron chi connectivity index (χ0n) is 14.9. The summed E-state index contributed by atoms with van der Waals surface area (Å²) in [6.07, 6.45) is 5.59. The normalized spacial score (nSPS) is 15.9. The quantitative estimate of drug-likeness (QED) is 0.786. The van der Waals surface area contributed by atoms with Crippen LogP contribution >= 0.6 is 0 Å². The van der Waals surface area contributed by atoms with Gasteiger partial charge in [0.25, 0.3) is 5.91 Å². The second-order valence-electron chi connectivity index (χ2n) is 6.91. The summed E-state index contributed by atoms with van der Waals surface area (Å²) in [7, 11) is 2.17. The van der Waals surface area contributed by atoms with Gasteiger partial charge in [-0.25, -0.2) is 9.97 Å². The Hall–Kier alpha value is -2.79. The summed E-state index contributed by atoms with van der Waals surface area (Å²) in [5.74, 6) is 0.481. The first-order chi connectivity index (χ1) is 12.7. The van der Waals surface area contributed by atoms with Gasteiger partial charge in [0.15, 0.2) is 0 Å². The largest absolute Gasteiger partial charge is 0.321 e. The summed E-state index contributed by atoms with van der Waals surface area (Å²) in [5, 5.41) is 3.82. The third-order valence-corrected chi connectivity index (χ3v) is 5.16. The molecule has 0 atom stereocenters. The summed E-state index contributed by atoms with van der Waals surface area (Å²) >= 11 is 0. The molecule has 0 unspecified atom stereocenters. The number of fused-ring (bicyclic) bond motifs is 1. The Morgan fingerprint density at radius 3 is 2.65 bits per heavy atom.